The lowest BCUT2D eigenvalue weighted by Crippen LogP contribution is -2.00. The van der Waals surface area contributed by atoms with E-state index >= 15 is 0 Å². The maximum Gasteiger partial charge on any atom is 0.335 e. The van der Waals surface area contributed by atoms with Crippen molar-refractivity contribution >= 4 is 23.6 Å². The summed E-state index contributed by atoms with van der Waals surface area (Å²) in [6.45, 7) is 0. The average Bonchev–Trinajstić information content (AvgIpc) is 3.09. The third-order valence-electron chi connectivity index (χ3n) is 3.56. The predicted octanol–water partition coefficient (Wildman–Crippen LogP) is 3.83. The smallest absolute Gasteiger partial charge is 0.335 e. The first-order chi connectivity index (χ1) is 12.0. The Morgan fingerprint density at radius 1 is 1.12 bits per heavy atom. The zero-order chi connectivity index (χ0) is 17.8. The molecule has 0 saturated heterocycles. The van der Waals surface area contributed by atoms with E-state index in [2.05, 4.69) is 4.99 Å². The number of benzene rings is 2. The number of nitro benzene ring substituents is 1. The number of rotatable bonds is 5. The van der Waals surface area contributed by atoms with E-state index in [-0.39, 0.29) is 11.3 Å². The van der Waals surface area contributed by atoms with Gasteiger partial charge in [-0.2, -0.15) is 0 Å². The van der Waals surface area contributed by atoms with Gasteiger partial charge in [0.2, 0.25) is 0 Å². The van der Waals surface area contributed by atoms with Gasteiger partial charge in [-0.25, -0.2) is 4.79 Å². The monoisotopic (exact) mass is 335 g/mol. The molecule has 0 fully saturated rings. The van der Waals surface area contributed by atoms with Crippen molar-refractivity contribution in [2.45, 2.75) is 0 Å². The van der Waals surface area contributed by atoms with E-state index in [0.29, 0.717) is 5.69 Å². The summed E-state index contributed by atoms with van der Waals surface area (Å²) in [4.78, 5) is 25.5. The number of aliphatic imine (C=N–C) groups is 1. The van der Waals surface area contributed by atoms with Crippen LogP contribution < -0.4 is 0 Å². The van der Waals surface area contributed by atoms with Crippen molar-refractivity contribution in [3.05, 3.63) is 88.2 Å². The number of aromatic nitrogens is 1. The second-order valence-electron chi connectivity index (χ2n) is 5.19. The summed E-state index contributed by atoms with van der Waals surface area (Å²) in [7, 11) is 0. The van der Waals surface area contributed by atoms with E-state index in [4.69, 9.17) is 5.11 Å². The molecule has 0 spiro atoms. The highest BCUT2D eigenvalue weighted by Crippen LogP contribution is 2.20. The van der Waals surface area contributed by atoms with Gasteiger partial charge in [-0.3, -0.25) is 15.1 Å². The van der Waals surface area contributed by atoms with Gasteiger partial charge < -0.3 is 9.67 Å². The number of hydrogen-bond donors (Lipinski definition) is 1. The van der Waals surface area contributed by atoms with Crippen molar-refractivity contribution in [3.8, 4) is 5.69 Å². The van der Waals surface area contributed by atoms with Crippen molar-refractivity contribution in [2.24, 2.45) is 4.99 Å². The van der Waals surface area contributed by atoms with Crippen LogP contribution in [0.5, 0.6) is 0 Å². The Bertz CT molecular complexity index is 958. The molecule has 0 unspecified atom stereocenters. The minimum absolute atomic E-state index is 0.0192. The first-order valence-electron chi connectivity index (χ1n) is 7.34. The van der Waals surface area contributed by atoms with E-state index in [0.717, 1.165) is 11.4 Å². The van der Waals surface area contributed by atoms with Gasteiger partial charge >= 0.3 is 5.97 Å². The second-order valence-corrected chi connectivity index (χ2v) is 5.19. The fourth-order valence-corrected chi connectivity index (χ4v) is 2.33. The Labute approximate surface area is 142 Å². The van der Waals surface area contributed by atoms with Gasteiger partial charge in [-0.05, 0) is 42.5 Å². The van der Waals surface area contributed by atoms with Gasteiger partial charge in [0.1, 0.15) is 0 Å². The van der Waals surface area contributed by atoms with Crippen molar-refractivity contribution in [2.75, 3.05) is 0 Å². The second kappa shape index (κ2) is 6.79. The Kier molecular flexibility index (Phi) is 4.38. The van der Waals surface area contributed by atoms with Crippen molar-refractivity contribution < 1.29 is 14.8 Å². The fraction of sp³-hybridized carbons (Fsp3) is 0. The molecule has 7 heteroatoms. The van der Waals surface area contributed by atoms with Crippen molar-refractivity contribution in [1.29, 1.82) is 0 Å². The van der Waals surface area contributed by atoms with Crippen LogP contribution in [0.3, 0.4) is 0 Å². The molecule has 3 rings (SSSR count). The van der Waals surface area contributed by atoms with Crippen LogP contribution in [0.1, 0.15) is 16.1 Å². The van der Waals surface area contributed by atoms with Crippen molar-refractivity contribution in [1.82, 2.24) is 4.57 Å². The van der Waals surface area contributed by atoms with Crippen LogP contribution in [-0.4, -0.2) is 26.8 Å². The van der Waals surface area contributed by atoms with Crippen LogP contribution in [0.4, 0.5) is 11.4 Å². The zero-order valence-electron chi connectivity index (χ0n) is 12.9. The largest absolute Gasteiger partial charge is 0.478 e. The first-order valence-corrected chi connectivity index (χ1v) is 7.34. The minimum Gasteiger partial charge on any atom is -0.478 e. The van der Waals surface area contributed by atoms with Crippen LogP contribution >= 0.6 is 0 Å². The summed E-state index contributed by atoms with van der Waals surface area (Å²) in [6, 6.07) is 16.2. The van der Waals surface area contributed by atoms with Crippen LogP contribution in [0.2, 0.25) is 0 Å². The molecule has 0 atom stereocenters. The van der Waals surface area contributed by atoms with Gasteiger partial charge in [0.15, 0.2) is 0 Å². The van der Waals surface area contributed by atoms with Crippen LogP contribution in [-0.2, 0) is 0 Å². The number of non-ortho nitro benzene ring substituents is 1. The lowest BCUT2D eigenvalue weighted by atomic mass is 10.2. The summed E-state index contributed by atoms with van der Waals surface area (Å²) in [5.41, 5.74) is 2.21. The zero-order valence-corrected chi connectivity index (χ0v) is 12.9. The normalized spacial score (nSPS) is 10.9. The van der Waals surface area contributed by atoms with Gasteiger partial charge in [0.25, 0.3) is 5.69 Å². The number of carbonyl (C=O) groups is 1. The van der Waals surface area contributed by atoms with E-state index in [1.807, 2.05) is 22.9 Å². The summed E-state index contributed by atoms with van der Waals surface area (Å²) < 4.78 is 1.84. The number of nitro groups is 1. The highest BCUT2D eigenvalue weighted by atomic mass is 16.6. The maximum atomic E-state index is 10.9. The molecule has 3 aromatic rings. The van der Waals surface area contributed by atoms with Gasteiger partial charge in [-0.15, -0.1) is 0 Å². The lowest BCUT2D eigenvalue weighted by molar-refractivity contribution is -0.384. The molecule has 124 valence electrons. The number of nitrogens with zero attached hydrogens (tertiary/aromatic N) is 3. The molecular weight excluding hydrogens is 322 g/mol. The van der Waals surface area contributed by atoms with E-state index in [1.54, 1.807) is 30.5 Å². The van der Waals surface area contributed by atoms with Crippen LogP contribution in [0, 0.1) is 10.1 Å². The highest BCUT2D eigenvalue weighted by molar-refractivity contribution is 5.88. The Balaban J connectivity index is 1.88. The molecule has 1 aromatic heterocycles. The summed E-state index contributed by atoms with van der Waals surface area (Å²) in [6.07, 6.45) is 3.43. The summed E-state index contributed by atoms with van der Waals surface area (Å²) in [5.74, 6) is -0.980. The Morgan fingerprint density at radius 3 is 2.56 bits per heavy atom. The van der Waals surface area contributed by atoms with Gasteiger partial charge in [0, 0.05) is 24.0 Å². The fourth-order valence-electron chi connectivity index (χ4n) is 2.33. The van der Waals surface area contributed by atoms with Gasteiger partial charge in [-0.1, -0.05) is 6.07 Å². The molecule has 0 aliphatic rings. The molecule has 2 aromatic carbocycles. The van der Waals surface area contributed by atoms with E-state index < -0.39 is 10.9 Å². The van der Waals surface area contributed by atoms with Crippen LogP contribution in [0.25, 0.3) is 5.69 Å². The number of aromatic carboxylic acids is 1. The summed E-state index contributed by atoms with van der Waals surface area (Å²) >= 11 is 0. The molecule has 0 aliphatic heterocycles. The quantitative estimate of drug-likeness (QED) is 0.435. The molecule has 0 amide bonds. The summed E-state index contributed by atoms with van der Waals surface area (Å²) in [5, 5.41) is 19.8. The third-order valence-corrected chi connectivity index (χ3v) is 3.56. The van der Waals surface area contributed by atoms with Crippen molar-refractivity contribution in [3.63, 3.8) is 0 Å². The Morgan fingerprint density at radius 2 is 1.88 bits per heavy atom. The number of carboxylic acids is 1. The Hall–Kier alpha value is -3.74. The molecule has 25 heavy (non-hydrogen) atoms. The minimum atomic E-state index is -0.980. The van der Waals surface area contributed by atoms with Gasteiger partial charge in [0.05, 0.1) is 28.1 Å². The SMILES string of the molecule is O=C(O)c1ccc(-n2cccc2C=Nc2cccc([N+](=O)[O-])c2)cc1. The third kappa shape index (κ3) is 3.61. The predicted molar refractivity (Wildman–Crippen MR) is 93.1 cm³/mol. The highest BCUT2D eigenvalue weighted by Gasteiger charge is 2.06. The topological polar surface area (TPSA) is 97.7 Å². The lowest BCUT2D eigenvalue weighted by Gasteiger charge is -2.06. The van der Waals surface area contributed by atoms with Crippen LogP contribution in [0.15, 0.2) is 71.9 Å². The molecule has 0 aliphatic carbocycles. The molecule has 0 bridgehead atoms. The molecule has 0 saturated carbocycles. The molecule has 1 N–H and O–H groups in total. The maximum absolute atomic E-state index is 10.9. The van der Waals surface area contributed by atoms with E-state index in [9.17, 15) is 14.9 Å². The molecular formula is C18H13N3O4. The molecule has 1 heterocycles. The first kappa shape index (κ1) is 16.1. The molecule has 0 radical (unpaired) electrons. The standard InChI is InChI=1S/C18H13N3O4/c22-18(23)13-6-8-15(9-7-13)20-10-2-5-17(20)12-19-14-3-1-4-16(11-14)21(24)25/h1-12H,(H,22,23). The average molecular weight is 335 g/mol. The molecule has 7 nitrogen and oxygen atoms in total. The van der Waals surface area contributed by atoms with E-state index in [1.165, 1.54) is 24.3 Å². The number of carboxylic acid groups (broad SMARTS) is 1. The number of hydrogen-bond acceptors (Lipinski definition) is 4.